The van der Waals surface area contributed by atoms with Crippen LogP contribution < -0.4 is 11.5 Å². The molecule has 1 saturated heterocycles. The van der Waals surface area contributed by atoms with Crippen LogP contribution in [0.4, 0.5) is 0 Å². The van der Waals surface area contributed by atoms with Gasteiger partial charge in [0.15, 0.2) is 0 Å². The molecule has 0 radical (unpaired) electrons. The molecule has 1 aliphatic rings. The van der Waals surface area contributed by atoms with E-state index in [1.807, 2.05) is 21.6 Å². The second-order valence-corrected chi connectivity index (χ2v) is 4.45. The molecule has 0 spiro atoms. The molecule has 4 heteroatoms. The molecule has 48 valence electrons. The molecular formula is C4H10N2S2. The van der Waals surface area contributed by atoms with Gasteiger partial charge in [0.25, 0.3) is 0 Å². The molecule has 2 nitrogen and oxygen atoms in total. The van der Waals surface area contributed by atoms with Crippen molar-refractivity contribution in [1.82, 2.24) is 0 Å². The predicted molar refractivity (Wildman–Crippen MR) is 40.9 cm³/mol. The molecule has 8 heavy (non-hydrogen) atoms. The fourth-order valence-corrected chi connectivity index (χ4v) is 3.02. The number of nitrogens with two attached hydrogens (primary N) is 2. The topological polar surface area (TPSA) is 52.0 Å². The lowest BCUT2D eigenvalue weighted by atomic mass is 10.2. The summed E-state index contributed by atoms with van der Waals surface area (Å²) >= 11 is 0. The molecule has 1 fully saturated rings. The van der Waals surface area contributed by atoms with Crippen LogP contribution in [-0.4, -0.2) is 23.6 Å². The first-order chi connectivity index (χ1) is 3.80. The smallest absolute Gasteiger partial charge is 0.0301 e. The summed E-state index contributed by atoms with van der Waals surface area (Å²) in [5, 5.41) is 0. The molecule has 1 rings (SSSR count). The summed E-state index contributed by atoms with van der Waals surface area (Å²) in [7, 11) is 3.64. The minimum Gasteiger partial charge on any atom is -0.326 e. The third-order valence-corrected chi connectivity index (χ3v) is 3.68. The molecule has 0 unspecified atom stereocenters. The van der Waals surface area contributed by atoms with E-state index >= 15 is 0 Å². The van der Waals surface area contributed by atoms with Crippen molar-refractivity contribution >= 4 is 21.6 Å². The van der Waals surface area contributed by atoms with Crippen molar-refractivity contribution in [3.05, 3.63) is 0 Å². The molecule has 0 bridgehead atoms. The highest BCUT2D eigenvalue weighted by molar-refractivity contribution is 8.76. The van der Waals surface area contributed by atoms with Gasteiger partial charge in [0.05, 0.1) is 0 Å². The van der Waals surface area contributed by atoms with Crippen LogP contribution in [0.1, 0.15) is 0 Å². The summed E-state index contributed by atoms with van der Waals surface area (Å²) in [4.78, 5) is 0. The molecule has 4 N–H and O–H groups in total. The highest BCUT2D eigenvalue weighted by Gasteiger charge is 2.17. The third-order valence-electron chi connectivity index (χ3n) is 1.15. The lowest BCUT2D eigenvalue weighted by Gasteiger charge is -2.23. The number of hydrogen-bond donors (Lipinski definition) is 2. The Morgan fingerprint density at radius 2 is 1.38 bits per heavy atom. The fourth-order valence-electron chi connectivity index (χ4n) is 0.501. The van der Waals surface area contributed by atoms with Gasteiger partial charge in [-0.25, -0.2) is 0 Å². The summed E-state index contributed by atoms with van der Waals surface area (Å²) < 4.78 is 0. The SMILES string of the molecule is N[C@H]1CSSC[C@@H]1N. The van der Waals surface area contributed by atoms with E-state index in [4.69, 9.17) is 11.5 Å². The summed E-state index contributed by atoms with van der Waals surface area (Å²) in [6, 6.07) is 0.447. The maximum atomic E-state index is 5.62. The second-order valence-electron chi connectivity index (χ2n) is 1.90. The zero-order chi connectivity index (χ0) is 5.98. The molecule has 0 aliphatic carbocycles. The van der Waals surface area contributed by atoms with Crippen molar-refractivity contribution < 1.29 is 0 Å². The van der Waals surface area contributed by atoms with Crippen molar-refractivity contribution in [3.63, 3.8) is 0 Å². The van der Waals surface area contributed by atoms with E-state index in [0.717, 1.165) is 11.5 Å². The number of hydrogen-bond acceptors (Lipinski definition) is 4. The van der Waals surface area contributed by atoms with Crippen molar-refractivity contribution in [3.8, 4) is 0 Å². The monoisotopic (exact) mass is 150 g/mol. The molecular weight excluding hydrogens is 140 g/mol. The zero-order valence-corrected chi connectivity index (χ0v) is 6.17. The maximum Gasteiger partial charge on any atom is 0.0301 e. The minimum absolute atomic E-state index is 0.223. The summed E-state index contributed by atoms with van der Waals surface area (Å²) in [5.74, 6) is 2.01. The van der Waals surface area contributed by atoms with E-state index in [1.54, 1.807) is 0 Å². The lowest BCUT2D eigenvalue weighted by molar-refractivity contribution is 0.617. The van der Waals surface area contributed by atoms with E-state index in [1.165, 1.54) is 0 Å². The highest BCUT2D eigenvalue weighted by Crippen LogP contribution is 2.27. The quantitative estimate of drug-likeness (QED) is 0.479. The van der Waals surface area contributed by atoms with Gasteiger partial charge in [-0.05, 0) is 0 Å². The predicted octanol–water partition coefficient (Wildman–Crippen LogP) is 0.0360. The van der Waals surface area contributed by atoms with E-state index in [9.17, 15) is 0 Å². The van der Waals surface area contributed by atoms with Gasteiger partial charge >= 0.3 is 0 Å². The van der Waals surface area contributed by atoms with Gasteiger partial charge in [-0.15, -0.1) is 0 Å². The van der Waals surface area contributed by atoms with E-state index in [-0.39, 0.29) is 12.1 Å². The Morgan fingerprint density at radius 3 is 1.62 bits per heavy atom. The first-order valence-electron chi connectivity index (χ1n) is 2.56. The average Bonchev–Trinajstić information content (AvgIpc) is 1.77. The van der Waals surface area contributed by atoms with Crippen LogP contribution in [0.2, 0.25) is 0 Å². The first-order valence-corrected chi connectivity index (χ1v) is 5.05. The Hall–Kier alpha value is 0.620. The fraction of sp³-hybridized carbons (Fsp3) is 1.00. The Kier molecular flexibility index (Phi) is 2.49. The molecule has 2 atom stereocenters. The molecule has 0 aromatic carbocycles. The second kappa shape index (κ2) is 2.96. The van der Waals surface area contributed by atoms with Crippen molar-refractivity contribution in [1.29, 1.82) is 0 Å². The van der Waals surface area contributed by atoms with Crippen LogP contribution in [0.5, 0.6) is 0 Å². The first kappa shape index (κ1) is 6.74. The molecule has 0 aromatic heterocycles. The maximum absolute atomic E-state index is 5.62. The minimum atomic E-state index is 0.223. The van der Waals surface area contributed by atoms with Crippen LogP contribution >= 0.6 is 21.6 Å². The zero-order valence-electron chi connectivity index (χ0n) is 4.54. The average molecular weight is 150 g/mol. The van der Waals surface area contributed by atoms with E-state index in [2.05, 4.69) is 0 Å². The van der Waals surface area contributed by atoms with Gasteiger partial charge in [-0.3, -0.25) is 0 Å². The van der Waals surface area contributed by atoms with Crippen molar-refractivity contribution in [2.45, 2.75) is 12.1 Å². The van der Waals surface area contributed by atoms with Crippen LogP contribution in [0.3, 0.4) is 0 Å². The molecule has 0 saturated carbocycles. The van der Waals surface area contributed by atoms with Gasteiger partial charge in [0.2, 0.25) is 0 Å². The molecule has 0 amide bonds. The van der Waals surface area contributed by atoms with Crippen LogP contribution in [0.15, 0.2) is 0 Å². The van der Waals surface area contributed by atoms with Crippen LogP contribution in [-0.2, 0) is 0 Å². The van der Waals surface area contributed by atoms with Gasteiger partial charge < -0.3 is 11.5 Å². The Bertz CT molecular complexity index is 68.4. The van der Waals surface area contributed by atoms with E-state index in [0.29, 0.717) is 0 Å². The van der Waals surface area contributed by atoms with Crippen LogP contribution in [0.25, 0.3) is 0 Å². The van der Waals surface area contributed by atoms with Crippen molar-refractivity contribution in [2.75, 3.05) is 11.5 Å². The summed E-state index contributed by atoms with van der Waals surface area (Å²) in [6.07, 6.45) is 0. The highest BCUT2D eigenvalue weighted by atomic mass is 33.1. The summed E-state index contributed by atoms with van der Waals surface area (Å²) in [5.41, 5.74) is 11.2. The van der Waals surface area contributed by atoms with Gasteiger partial charge in [0, 0.05) is 23.6 Å². The molecule has 1 heterocycles. The number of rotatable bonds is 0. The molecule has 1 aliphatic heterocycles. The Labute approximate surface area is 57.2 Å². The van der Waals surface area contributed by atoms with Gasteiger partial charge in [-0.2, -0.15) is 0 Å². The summed E-state index contributed by atoms with van der Waals surface area (Å²) in [6.45, 7) is 0. The third kappa shape index (κ3) is 1.55. The van der Waals surface area contributed by atoms with Crippen molar-refractivity contribution in [2.24, 2.45) is 11.5 Å². The van der Waals surface area contributed by atoms with E-state index < -0.39 is 0 Å². The van der Waals surface area contributed by atoms with Gasteiger partial charge in [-0.1, -0.05) is 21.6 Å². The van der Waals surface area contributed by atoms with Crippen LogP contribution in [0, 0.1) is 0 Å². The lowest BCUT2D eigenvalue weighted by Crippen LogP contribution is -2.46. The standard InChI is InChI=1S/C4H10N2S2/c5-3-1-7-8-2-4(3)6/h3-4H,1-2,5-6H2/t3-,4-/m0/s1. The Balaban J connectivity index is 2.28. The molecule has 0 aromatic rings. The van der Waals surface area contributed by atoms with Gasteiger partial charge in [0.1, 0.15) is 0 Å². The largest absolute Gasteiger partial charge is 0.326 e. The normalized spacial score (nSPS) is 39.8. The Morgan fingerprint density at radius 1 is 1.00 bits per heavy atom.